The predicted octanol–water partition coefficient (Wildman–Crippen LogP) is 3.45. The van der Waals surface area contributed by atoms with Gasteiger partial charge in [-0.1, -0.05) is 12.1 Å². The number of nitrogens with zero attached hydrogens (tertiary/aromatic N) is 4. The molecule has 5 unspecified atom stereocenters. The lowest BCUT2D eigenvalue weighted by Crippen LogP contribution is -2.37. The third kappa shape index (κ3) is 3.18. The van der Waals surface area contributed by atoms with Gasteiger partial charge in [-0.25, -0.2) is 15.0 Å². The van der Waals surface area contributed by atoms with Crippen molar-refractivity contribution < 1.29 is 14.9 Å². The molecule has 1 aliphatic heterocycles. The summed E-state index contributed by atoms with van der Waals surface area (Å²) >= 11 is 3.42. The van der Waals surface area contributed by atoms with Gasteiger partial charge in [0.15, 0.2) is 0 Å². The first-order valence-electron chi connectivity index (χ1n) is 11.0. The maximum atomic E-state index is 11.1. The van der Waals surface area contributed by atoms with Crippen LogP contribution in [0.1, 0.15) is 36.2 Å². The molecule has 6 rings (SSSR count). The normalized spacial score (nSPS) is 29.6. The second-order valence-electron chi connectivity index (χ2n) is 9.30. The topological polar surface area (TPSA) is 119 Å². The third-order valence-electron chi connectivity index (χ3n) is 7.38. The van der Waals surface area contributed by atoms with Gasteiger partial charge in [0, 0.05) is 22.4 Å². The highest BCUT2D eigenvalue weighted by Gasteiger charge is 2.57. The minimum Gasteiger partial charge on any atom is -0.390 e. The van der Waals surface area contributed by atoms with E-state index in [0.717, 1.165) is 37.7 Å². The average molecular weight is 510 g/mol. The van der Waals surface area contributed by atoms with Crippen LogP contribution in [0.25, 0.3) is 21.9 Å². The van der Waals surface area contributed by atoms with E-state index in [-0.39, 0.29) is 12.1 Å². The van der Waals surface area contributed by atoms with Crippen LogP contribution in [0.2, 0.25) is 0 Å². The molecule has 4 N–H and O–H groups in total. The highest BCUT2D eigenvalue weighted by molar-refractivity contribution is 9.10. The molecule has 170 valence electrons. The van der Waals surface area contributed by atoms with Crippen LogP contribution >= 0.6 is 15.9 Å². The van der Waals surface area contributed by atoms with Crippen molar-refractivity contribution in [2.45, 2.75) is 44.1 Å². The van der Waals surface area contributed by atoms with Crippen LogP contribution in [0.3, 0.4) is 0 Å². The Morgan fingerprint density at radius 3 is 2.88 bits per heavy atom. The van der Waals surface area contributed by atoms with E-state index < -0.39 is 17.6 Å². The number of fused-ring (bicyclic) bond motifs is 2. The monoisotopic (exact) mass is 509 g/mol. The predicted molar refractivity (Wildman–Crippen MR) is 128 cm³/mol. The van der Waals surface area contributed by atoms with E-state index in [4.69, 9.17) is 10.5 Å². The molecule has 1 saturated heterocycles. The van der Waals surface area contributed by atoms with Crippen molar-refractivity contribution in [2.75, 3.05) is 12.3 Å². The molecule has 1 aromatic carbocycles. The van der Waals surface area contributed by atoms with Crippen LogP contribution in [0.5, 0.6) is 0 Å². The zero-order chi connectivity index (χ0) is 22.9. The number of pyridine rings is 1. The Kier molecular flexibility index (Phi) is 4.74. The maximum absolute atomic E-state index is 11.1. The van der Waals surface area contributed by atoms with E-state index in [2.05, 4.69) is 30.9 Å². The Morgan fingerprint density at radius 1 is 1.18 bits per heavy atom. The fraction of sp³-hybridized carbons (Fsp3) is 0.375. The Labute approximate surface area is 198 Å². The molecule has 4 aromatic rings. The van der Waals surface area contributed by atoms with Crippen molar-refractivity contribution in [1.29, 1.82) is 0 Å². The van der Waals surface area contributed by atoms with E-state index in [1.54, 1.807) is 0 Å². The molecule has 1 aliphatic carbocycles. The number of nitrogens with two attached hydrogens (primary N) is 1. The number of benzene rings is 1. The molecule has 1 spiro atoms. The lowest BCUT2D eigenvalue weighted by molar-refractivity contribution is -0.0309. The van der Waals surface area contributed by atoms with Crippen molar-refractivity contribution in [1.82, 2.24) is 19.5 Å². The van der Waals surface area contributed by atoms with Crippen molar-refractivity contribution >= 4 is 43.7 Å². The molecule has 33 heavy (non-hydrogen) atoms. The van der Waals surface area contributed by atoms with Crippen LogP contribution in [0, 0.1) is 12.3 Å². The molecule has 2 aliphatic rings. The molecule has 5 atom stereocenters. The van der Waals surface area contributed by atoms with Crippen LogP contribution in [-0.4, -0.2) is 48.5 Å². The summed E-state index contributed by atoms with van der Waals surface area (Å²) < 4.78 is 8.94. The average Bonchev–Trinajstić information content (AvgIpc) is 3.48. The van der Waals surface area contributed by atoms with Gasteiger partial charge in [0.25, 0.3) is 0 Å². The van der Waals surface area contributed by atoms with Crippen LogP contribution in [-0.2, 0) is 4.74 Å². The Balaban J connectivity index is 1.30. The lowest BCUT2D eigenvalue weighted by atomic mass is 9.80. The number of hydrogen-bond donors (Lipinski definition) is 3. The standard InChI is InChI=1S/C24H24BrN5O3/c1-12-15-4-5-30(23(15)28-11-27-12)18-8-24(21(32)20(18)31)9-19(33-10-24)14-3-2-13-6-16(25)22(26)29-17(13)7-14/h2-7,11,18-21,31-32H,8-10H2,1H3,(H2,26,29). The van der Waals surface area contributed by atoms with E-state index in [0.29, 0.717) is 25.3 Å². The number of aliphatic hydroxyl groups excluding tert-OH is 2. The quantitative estimate of drug-likeness (QED) is 0.378. The summed E-state index contributed by atoms with van der Waals surface area (Å²) in [5.41, 5.74) is 8.90. The number of hydrogen-bond acceptors (Lipinski definition) is 7. The van der Waals surface area contributed by atoms with Crippen molar-refractivity contribution in [2.24, 2.45) is 5.41 Å². The van der Waals surface area contributed by atoms with Crippen molar-refractivity contribution in [3.8, 4) is 0 Å². The highest BCUT2D eigenvalue weighted by atomic mass is 79.9. The molecule has 2 fully saturated rings. The van der Waals surface area contributed by atoms with Gasteiger partial charge in [0.2, 0.25) is 0 Å². The molecule has 9 heteroatoms. The number of rotatable bonds is 2. The smallest absolute Gasteiger partial charge is 0.143 e. The first kappa shape index (κ1) is 21.0. The zero-order valence-corrected chi connectivity index (χ0v) is 19.6. The minimum atomic E-state index is -0.909. The third-order valence-corrected chi connectivity index (χ3v) is 8.02. The van der Waals surface area contributed by atoms with Crippen molar-refractivity contribution in [3.05, 3.63) is 58.6 Å². The number of aryl methyl sites for hydroxylation is 1. The van der Waals surface area contributed by atoms with Gasteiger partial charge >= 0.3 is 0 Å². The summed E-state index contributed by atoms with van der Waals surface area (Å²) in [5.74, 6) is 0.443. The molecule has 4 heterocycles. The minimum absolute atomic E-state index is 0.187. The number of aliphatic hydroxyl groups is 2. The zero-order valence-electron chi connectivity index (χ0n) is 18.0. The van der Waals surface area contributed by atoms with E-state index in [1.807, 2.05) is 48.0 Å². The van der Waals surface area contributed by atoms with E-state index in [9.17, 15) is 10.2 Å². The van der Waals surface area contributed by atoms with Gasteiger partial charge < -0.3 is 25.3 Å². The number of nitrogen functional groups attached to an aromatic ring is 1. The summed E-state index contributed by atoms with van der Waals surface area (Å²) in [4.78, 5) is 13.2. The van der Waals surface area contributed by atoms with Gasteiger partial charge in [-0.2, -0.15) is 0 Å². The summed E-state index contributed by atoms with van der Waals surface area (Å²) in [5, 5.41) is 24.1. The van der Waals surface area contributed by atoms with Gasteiger partial charge in [-0.05, 0) is 59.5 Å². The van der Waals surface area contributed by atoms with E-state index >= 15 is 0 Å². The molecule has 1 saturated carbocycles. The molecule has 0 bridgehead atoms. The van der Waals surface area contributed by atoms with Gasteiger partial charge in [-0.3, -0.25) is 0 Å². The Morgan fingerprint density at radius 2 is 2.03 bits per heavy atom. The fourth-order valence-electron chi connectivity index (χ4n) is 5.55. The van der Waals surface area contributed by atoms with Gasteiger partial charge in [0.05, 0.1) is 40.5 Å². The summed E-state index contributed by atoms with van der Waals surface area (Å²) in [6.07, 6.45) is 2.70. The molecule has 8 nitrogen and oxygen atoms in total. The summed E-state index contributed by atoms with van der Waals surface area (Å²) in [6.45, 7) is 2.32. The Bertz CT molecular complexity index is 1390. The summed E-state index contributed by atoms with van der Waals surface area (Å²) in [7, 11) is 0. The summed E-state index contributed by atoms with van der Waals surface area (Å²) in [6, 6.07) is 9.67. The molecule has 0 radical (unpaired) electrons. The van der Waals surface area contributed by atoms with E-state index in [1.165, 1.54) is 6.33 Å². The molecule has 3 aromatic heterocycles. The largest absolute Gasteiger partial charge is 0.390 e. The number of ether oxygens (including phenoxy) is 1. The van der Waals surface area contributed by atoms with Crippen molar-refractivity contribution in [3.63, 3.8) is 0 Å². The van der Waals surface area contributed by atoms with Crippen LogP contribution in [0.4, 0.5) is 5.82 Å². The number of halogens is 1. The van der Waals surface area contributed by atoms with Gasteiger partial charge in [-0.15, -0.1) is 0 Å². The number of aromatic nitrogens is 4. The first-order valence-corrected chi connectivity index (χ1v) is 11.8. The molecular formula is C24H24BrN5O3. The SMILES string of the molecule is Cc1ncnc2c1ccn2C1CC2(COC(c3ccc4cc(Br)c(N)nc4c3)C2)C(O)C1O. The fourth-order valence-corrected chi connectivity index (χ4v) is 5.88. The Hall–Kier alpha value is -2.59. The highest BCUT2D eigenvalue weighted by Crippen LogP contribution is 2.54. The first-order chi connectivity index (χ1) is 15.9. The maximum Gasteiger partial charge on any atom is 0.143 e. The second kappa shape index (κ2) is 7.46. The van der Waals surface area contributed by atoms with Crippen LogP contribution < -0.4 is 5.73 Å². The van der Waals surface area contributed by atoms with Crippen LogP contribution in [0.15, 0.2) is 47.3 Å². The van der Waals surface area contributed by atoms with Gasteiger partial charge in [0.1, 0.15) is 23.9 Å². The lowest BCUT2D eigenvalue weighted by Gasteiger charge is -2.26. The second-order valence-corrected chi connectivity index (χ2v) is 10.2. The number of anilines is 1. The molecule has 0 amide bonds. The molecular weight excluding hydrogens is 486 g/mol.